The third kappa shape index (κ3) is 4.23. The summed E-state index contributed by atoms with van der Waals surface area (Å²) < 4.78 is 10.9. The molecule has 6 nitrogen and oxygen atoms in total. The Morgan fingerprint density at radius 3 is 2.71 bits per heavy atom. The zero-order valence-corrected chi connectivity index (χ0v) is 10.4. The van der Waals surface area contributed by atoms with Crippen molar-refractivity contribution in [3.63, 3.8) is 0 Å². The van der Waals surface area contributed by atoms with Crippen LogP contribution in [0.5, 0.6) is 0 Å². The van der Waals surface area contributed by atoms with Crippen molar-refractivity contribution in [1.82, 2.24) is 5.32 Å². The summed E-state index contributed by atoms with van der Waals surface area (Å²) in [4.78, 5) is 11.8. The molecule has 6 heteroatoms. The van der Waals surface area contributed by atoms with Crippen LogP contribution in [-0.2, 0) is 14.3 Å². The van der Waals surface area contributed by atoms with Crippen LogP contribution in [0.3, 0.4) is 0 Å². The quantitative estimate of drug-likeness (QED) is 0.542. The SMILES string of the molecule is CC1(C)OC(CO)C(C(=O)NCCCCN)O1. The van der Waals surface area contributed by atoms with Crippen LogP contribution in [0.1, 0.15) is 26.7 Å². The number of ether oxygens (including phenoxy) is 2. The number of amides is 1. The van der Waals surface area contributed by atoms with Gasteiger partial charge in [0.25, 0.3) is 5.91 Å². The Kier molecular flexibility index (Phi) is 5.32. The highest BCUT2D eigenvalue weighted by atomic mass is 16.8. The predicted octanol–water partition coefficient (Wildman–Crippen LogP) is -0.646. The van der Waals surface area contributed by atoms with Crippen molar-refractivity contribution < 1.29 is 19.4 Å². The summed E-state index contributed by atoms with van der Waals surface area (Å²) in [5.74, 6) is -1.07. The fourth-order valence-electron chi connectivity index (χ4n) is 1.77. The second kappa shape index (κ2) is 6.30. The van der Waals surface area contributed by atoms with Gasteiger partial charge in [0.2, 0.25) is 0 Å². The minimum atomic E-state index is -0.827. The lowest BCUT2D eigenvalue weighted by Crippen LogP contribution is -2.42. The third-order valence-electron chi connectivity index (χ3n) is 2.55. The monoisotopic (exact) mass is 246 g/mol. The Labute approximate surface area is 101 Å². The lowest BCUT2D eigenvalue weighted by molar-refractivity contribution is -0.157. The molecule has 4 N–H and O–H groups in total. The van der Waals surface area contributed by atoms with Gasteiger partial charge < -0.3 is 25.6 Å². The van der Waals surface area contributed by atoms with E-state index in [2.05, 4.69) is 5.32 Å². The van der Waals surface area contributed by atoms with E-state index in [9.17, 15) is 4.79 Å². The molecule has 1 aliphatic rings. The molecule has 0 saturated carbocycles. The molecule has 2 atom stereocenters. The summed E-state index contributed by atoms with van der Waals surface area (Å²) in [6.07, 6.45) is 0.368. The van der Waals surface area contributed by atoms with Crippen molar-refractivity contribution in [2.24, 2.45) is 5.73 Å². The van der Waals surface area contributed by atoms with Crippen molar-refractivity contribution >= 4 is 5.91 Å². The molecule has 1 amide bonds. The van der Waals surface area contributed by atoms with Crippen LogP contribution in [0.25, 0.3) is 0 Å². The molecular weight excluding hydrogens is 224 g/mol. The Morgan fingerprint density at radius 2 is 2.12 bits per heavy atom. The molecule has 100 valence electrons. The van der Waals surface area contributed by atoms with E-state index < -0.39 is 18.0 Å². The van der Waals surface area contributed by atoms with Crippen molar-refractivity contribution in [1.29, 1.82) is 0 Å². The number of unbranched alkanes of at least 4 members (excludes halogenated alkanes) is 1. The number of aliphatic hydroxyl groups is 1. The largest absolute Gasteiger partial charge is 0.394 e. The predicted molar refractivity (Wildman–Crippen MR) is 62.2 cm³/mol. The van der Waals surface area contributed by atoms with Gasteiger partial charge in [-0.05, 0) is 33.2 Å². The van der Waals surface area contributed by atoms with Crippen molar-refractivity contribution in [2.75, 3.05) is 19.7 Å². The summed E-state index contributed by atoms with van der Waals surface area (Å²) in [7, 11) is 0. The van der Waals surface area contributed by atoms with Crippen LogP contribution in [0.2, 0.25) is 0 Å². The molecule has 0 aromatic heterocycles. The van der Waals surface area contributed by atoms with Crippen LogP contribution in [-0.4, -0.2) is 48.7 Å². The van der Waals surface area contributed by atoms with Crippen molar-refractivity contribution in [3.8, 4) is 0 Å². The Morgan fingerprint density at radius 1 is 1.41 bits per heavy atom. The van der Waals surface area contributed by atoms with E-state index in [4.69, 9.17) is 20.3 Å². The van der Waals surface area contributed by atoms with Crippen molar-refractivity contribution in [2.45, 2.75) is 44.7 Å². The van der Waals surface area contributed by atoms with E-state index in [0.717, 1.165) is 12.8 Å². The van der Waals surface area contributed by atoms with E-state index in [-0.39, 0.29) is 12.5 Å². The highest BCUT2D eigenvalue weighted by Gasteiger charge is 2.44. The summed E-state index contributed by atoms with van der Waals surface area (Å²) in [5.41, 5.74) is 5.36. The standard InChI is InChI=1S/C11H22N2O4/c1-11(2)16-8(7-14)9(17-11)10(15)13-6-4-3-5-12/h8-9,14H,3-7,12H2,1-2H3,(H,13,15). The first-order valence-electron chi connectivity index (χ1n) is 5.94. The molecule has 2 unspecified atom stereocenters. The Hall–Kier alpha value is -0.690. The maximum Gasteiger partial charge on any atom is 0.252 e. The molecule has 0 aromatic carbocycles. The topological polar surface area (TPSA) is 93.8 Å². The normalized spacial score (nSPS) is 27.1. The first-order chi connectivity index (χ1) is 8.00. The molecule has 1 rings (SSSR count). The zero-order valence-electron chi connectivity index (χ0n) is 10.4. The van der Waals surface area contributed by atoms with E-state index in [0.29, 0.717) is 13.1 Å². The minimum Gasteiger partial charge on any atom is -0.394 e. The van der Waals surface area contributed by atoms with Gasteiger partial charge in [0, 0.05) is 6.54 Å². The Bertz CT molecular complexity index is 258. The number of aliphatic hydroxyl groups excluding tert-OH is 1. The van der Waals surface area contributed by atoms with Crippen LogP contribution in [0, 0.1) is 0 Å². The second-order valence-electron chi connectivity index (χ2n) is 4.56. The number of rotatable bonds is 6. The van der Waals surface area contributed by atoms with Gasteiger partial charge in [0.05, 0.1) is 6.61 Å². The van der Waals surface area contributed by atoms with Gasteiger partial charge >= 0.3 is 0 Å². The summed E-state index contributed by atoms with van der Waals surface area (Å²) >= 11 is 0. The summed E-state index contributed by atoms with van der Waals surface area (Å²) in [6.45, 7) is 4.39. The Balaban J connectivity index is 2.40. The first-order valence-corrected chi connectivity index (χ1v) is 5.94. The fraction of sp³-hybridized carbons (Fsp3) is 0.909. The van der Waals surface area contributed by atoms with Gasteiger partial charge in [-0.25, -0.2) is 0 Å². The molecule has 0 bridgehead atoms. The molecule has 1 aliphatic heterocycles. The van der Waals surface area contributed by atoms with Crippen LogP contribution < -0.4 is 11.1 Å². The van der Waals surface area contributed by atoms with Crippen molar-refractivity contribution in [3.05, 3.63) is 0 Å². The van der Waals surface area contributed by atoms with Gasteiger partial charge in [-0.2, -0.15) is 0 Å². The first kappa shape index (κ1) is 14.4. The number of carbonyl (C=O) groups excluding carboxylic acids is 1. The summed E-state index contributed by atoms with van der Waals surface area (Å²) in [5, 5.41) is 11.9. The van der Waals surface area contributed by atoms with E-state index >= 15 is 0 Å². The van der Waals surface area contributed by atoms with Crippen LogP contribution in [0.4, 0.5) is 0 Å². The number of hydrogen-bond donors (Lipinski definition) is 3. The highest BCUT2D eigenvalue weighted by Crippen LogP contribution is 2.27. The summed E-state index contributed by atoms with van der Waals surface area (Å²) in [6, 6.07) is 0. The van der Waals surface area contributed by atoms with Gasteiger partial charge in [0.1, 0.15) is 6.10 Å². The molecule has 17 heavy (non-hydrogen) atoms. The molecule has 1 fully saturated rings. The lowest BCUT2D eigenvalue weighted by atomic mass is 10.2. The fourth-order valence-corrected chi connectivity index (χ4v) is 1.77. The highest BCUT2D eigenvalue weighted by molar-refractivity contribution is 5.81. The molecule has 1 saturated heterocycles. The molecule has 0 aromatic rings. The van der Waals surface area contributed by atoms with Gasteiger partial charge in [-0.1, -0.05) is 0 Å². The molecule has 0 radical (unpaired) electrons. The number of nitrogens with one attached hydrogen (secondary N) is 1. The minimum absolute atomic E-state index is 0.232. The molecule has 0 spiro atoms. The third-order valence-corrected chi connectivity index (χ3v) is 2.55. The number of hydrogen-bond acceptors (Lipinski definition) is 5. The van der Waals surface area contributed by atoms with E-state index in [1.165, 1.54) is 0 Å². The zero-order chi connectivity index (χ0) is 12.9. The van der Waals surface area contributed by atoms with E-state index in [1.54, 1.807) is 13.8 Å². The van der Waals surface area contributed by atoms with Gasteiger partial charge in [-0.3, -0.25) is 4.79 Å². The number of nitrogens with two attached hydrogens (primary N) is 1. The van der Waals surface area contributed by atoms with Gasteiger partial charge in [-0.15, -0.1) is 0 Å². The number of carbonyl (C=O) groups is 1. The lowest BCUT2D eigenvalue weighted by Gasteiger charge is -2.16. The molecule has 1 heterocycles. The average molecular weight is 246 g/mol. The molecule has 0 aliphatic carbocycles. The second-order valence-corrected chi connectivity index (χ2v) is 4.56. The molecular formula is C11H22N2O4. The maximum absolute atomic E-state index is 11.8. The van der Waals surface area contributed by atoms with Crippen LogP contribution >= 0.6 is 0 Å². The smallest absolute Gasteiger partial charge is 0.252 e. The van der Waals surface area contributed by atoms with Crippen LogP contribution in [0.15, 0.2) is 0 Å². The van der Waals surface area contributed by atoms with Gasteiger partial charge in [0.15, 0.2) is 11.9 Å². The maximum atomic E-state index is 11.8. The average Bonchev–Trinajstić information content (AvgIpc) is 2.60. The van der Waals surface area contributed by atoms with E-state index in [1.807, 2.05) is 0 Å².